The van der Waals surface area contributed by atoms with Crippen LogP contribution in [0, 0.1) is 5.82 Å². The van der Waals surface area contributed by atoms with E-state index in [1.165, 1.54) is 17.2 Å². The van der Waals surface area contributed by atoms with Crippen molar-refractivity contribution >= 4 is 10.9 Å². The van der Waals surface area contributed by atoms with Crippen LogP contribution in [0.4, 0.5) is 4.39 Å². The Balaban J connectivity index is 1.89. The summed E-state index contributed by atoms with van der Waals surface area (Å²) in [6.45, 7) is 7.49. The average molecular weight is 352 g/mol. The Morgan fingerprint density at radius 1 is 1.12 bits per heavy atom. The fourth-order valence-corrected chi connectivity index (χ4v) is 3.89. The number of hydrogen-bond donors (Lipinski definition) is 2. The minimum absolute atomic E-state index is 0.00598. The highest BCUT2D eigenvalue weighted by Crippen LogP contribution is 2.39. The van der Waals surface area contributed by atoms with E-state index in [0.29, 0.717) is 0 Å². The highest BCUT2D eigenvalue weighted by atomic mass is 19.1. The second-order valence-corrected chi connectivity index (χ2v) is 8.05. The Bertz CT molecular complexity index is 968. The molecule has 1 aromatic heterocycles. The van der Waals surface area contributed by atoms with Crippen LogP contribution < -0.4 is 10.1 Å². The number of benzene rings is 2. The summed E-state index contributed by atoms with van der Waals surface area (Å²) in [6, 6.07) is 11.4. The molecule has 4 rings (SSSR count). The smallest absolute Gasteiger partial charge is 0.124 e. The number of methoxy groups -OCH3 is 1. The lowest BCUT2D eigenvalue weighted by molar-refractivity contribution is 0.401. The molecule has 2 heterocycles. The molecule has 2 N–H and O–H groups in total. The molecular formula is C22H25FN2O. The Kier molecular flexibility index (Phi) is 4.03. The molecule has 1 atom stereocenters. The van der Waals surface area contributed by atoms with Crippen molar-refractivity contribution in [1.82, 2.24) is 10.3 Å². The van der Waals surface area contributed by atoms with Gasteiger partial charge in [-0.15, -0.1) is 0 Å². The predicted octanol–water partition coefficient (Wildman–Crippen LogP) is 4.85. The van der Waals surface area contributed by atoms with E-state index >= 15 is 0 Å². The number of aromatic amines is 1. The summed E-state index contributed by atoms with van der Waals surface area (Å²) in [5, 5.41) is 4.60. The number of halogens is 1. The van der Waals surface area contributed by atoms with E-state index in [9.17, 15) is 4.39 Å². The molecule has 1 unspecified atom stereocenters. The number of nitrogens with one attached hydrogen (secondary N) is 2. The van der Waals surface area contributed by atoms with Gasteiger partial charge in [-0.1, -0.05) is 26.8 Å². The monoisotopic (exact) mass is 352 g/mol. The minimum Gasteiger partial charge on any atom is -0.496 e. The van der Waals surface area contributed by atoms with Crippen molar-refractivity contribution < 1.29 is 9.13 Å². The van der Waals surface area contributed by atoms with Crippen molar-refractivity contribution in [1.29, 1.82) is 0 Å². The summed E-state index contributed by atoms with van der Waals surface area (Å²) >= 11 is 0. The second-order valence-electron chi connectivity index (χ2n) is 8.05. The van der Waals surface area contributed by atoms with Crippen LogP contribution in [0.3, 0.4) is 0 Å². The summed E-state index contributed by atoms with van der Waals surface area (Å²) < 4.78 is 19.4. The molecule has 26 heavy (non-hydrogen) atoms. The first-order chi connectivity index (χ1) is 12.4. The standard InChI is InChI=1S/C22H25FN2O/c1-22(2,3)13-5-8-19(26-4)17(11-13)20-21-15(9-10-24-20)16-12-14(23)6-7-18(16)25-21/h5-8,11-12,20,24-25H,9-10H2,1-4H3. The number of H-pyrrole nitrogens is 1. The maximum absolute atomic E-state index is 13.8. The predicted molar refractivity (Wildman–Crippen MR) is 104 cm³/mol. The topological polar surface area (TPSA) is 37.0 Å². The molecule has 0 saturated carbocycles. The maximum Gasteiger partial charge on any atom is 0.124 e. The fraction of sp³-hybridized carbons (Fsp3) is 0.364. The van der Waals surface area contributed by atoms with Gasteiger partial charge in [0.2, 0.25) is 0 Å². The van der Waals surface area contributed by atoms with Gasteiger partial charge in [-0.2, -0.15) is 0 Å². The lowest BCUT2D eigenvalue weighted by atomic mass is 9.84. The normalized spacial score (nSPS) is 17.3. The van der Waals surface area contributed by atoms with E-state index < -0.39 is 0 Å². The third kappa shape index (κ3) is 2.78. The van der Waals surface area contributed by atoms with Gasteiger partial charge < -0.3 is 15.0 Å². The summed E-state index contributed by atoms with van der Waals surface area (Å²) in [6.07, 6.45) is 0.885. The number of aromatic nitrogens is 1. The first-order valence-corrected chi connectivity index (χ1v) is 9.10. The highest BCUT2D eigenvalue weighted by molar-refractivity contribution is 5.85. The van der Waals surface area contributed by atoms with Crippen LogP contribution in [-0.2, 0) is 11.8 Å². The van der Waals surface area contributed by atoms with Crippen LogP contribution in [0.15, 0.2) is 36.4 Å². The van der Waals surface area contributed by atoms with E-state index in [0.717, 1.165) is 40.9 Å². The van der Waals surface area contributed by atoms with Gasteiger partial charge in [0.25, 0.3) is 0 Å². The fourth-order valence-electron chi connectivity index (χ4n) is 3.89. The van der Waals surface area contributed by atoms with Crippen LogP contribution in [0.2, 0.25) is 0 Å². The number of rotatable bonds is 2. The Labute approximate surface area is 153 Å². The van der Waals surface area contributed by atoms with Crippen molar-refractivity contribution in [2.45, 2.75) is 38.6 Å². The first kappa shape index (κ1) is 17.1. The molecule has 4 heteroatoms. The van der Waals surface area contributed by atoms with Crippen LogP contribution in [-0.4, -0.2) is 18.6 Å². The quantitative estimate of drug-likeness (QED) is 0.692. The van der Waals surface area contributed by atoms with Crippen molar-refractivity contribution in [3.05, 3.63) is 64.6 Å². The maximum atomic E-state index is 13.8. The summed E-state index contributed by atoms with van der Waals surface area (Å²) in [5.74, 6) is 0.676. The van der Waals surface area contributed by atoms with Crippen molar-refractivity contribution in [2.75, 3.05) is 13.7 Å². The van der Waals surface area contributed by atoms with Gasteiger partial charge in [0, 0.05) is 28.7 Å². The van der Waals surface area contributed by atoms with Crippen molar-refractivity contribution in [2.24, 2.45) is 0 Å². The lowest BCUT2D eigenvalue weighted by Gasteiger charge is -2.28. The lowest BCUT2D eigenvalue weighted by Crippen LogP contribution is -2.31. The molecule has 0 aliphatic carbocycles. The highest BCUT2D eigenvalue weighted by Gasteiger charge is 2.28. The van der Waals surface area contributed by atoms with Crippen LogP contribution in [0.25, 0.3) is 10.9 Å². The number of fused-ring (bicyclic) bond motifs is 3. The molecule has 3 aromatic rings. The van der Waals surface area contributed by atoms with Gasteiger partial charge in [-0.05, 0) is 53.3 Å². The Morgan fingerprint density at radius 2 is 1.92 bits per heavy atom. The molecule has 0 radical (unpaired) electrons. The van der Waals surface area contributed by atoms with E-state index in [2.05, 4.69) is 43.2 Å². The van der Waals surface area contributed by atoms with Crippen molar-refractivity contribution in [3.63, 3.8) is 0 Å². The van der Waals surface area contributed by atoms with Gasteiger partial charge in [-0.25, -0.2) is 4.39 Å². The van der Waals surface area contributed by atoms with E-state index in [4.69, 9.17) is 4.74 Å². The molecule has 1 aliphatic heterocycles. The molecule has 0 bridgehead atoms. The summed E-state index contributed by atoms with van der Waals surface area (Å²) in [7, 11) is 1.71. The SMILES string of the molecule is COc1ccc(C(C)(C)C)cc1C1NCCc2c1[nH]c1ccc(F)cc21. The van der Waals surface area contributed by atoms with Gasteiger partial charge in [0.15, 0.2) is 0 Å². The summed E-state index contributed by atoms with van der Waals surface area (Å²) in [4.78, 5) is 3.52. The van der Waals surface area contributed by atoms with E-state index in [1.807, 2.05) is 12.1 Å². The van der Waals surface area contributed by atoms with Gasteiger partial charge in [-0.3, -0.25) is 0 Å². The molecule has 0 saturated heterocycles. The molecule has 1 aliphatic rings. The first-order valence-electron chi connectivity index (χ1n) is 9.10. The minimum atomic E-state index is -0.193. The largest absolute Gasteiger partial charge is 0.496 e. The third-order valence-electron chi connectivity index (χ3n) is 5.32. The zero-order valence-electron chi connectivity index (χ0n) is 15.7. The van der Waals surface area contributed by atoms with Gasteiger partial charge in [0.1, 0.15) is 11.6 Å². The van der Waals surface area contributed by atoms with Crippen LogP contribution in [0.1, 0.15) is 49.2 Å². The van der Waals surface area contributed by atoms with Gasteiger partial charge in [0.05, 0.1) is 13.2 Å². The zero-order valence-corrected chi connectivity index (χ0v) is 15.7. The number of ether oxygens (including phenoxy) is 1. The number of hydrogen-bond acceptors (Lipinski definition) is 2. The Morgan fingerprint density at radius 3 is 2.65 bits per heavy atom. The van der Waals surface area contributed by atoms with E-state index in [-0.39, 0.29) is 17.3 Å². The van der Waals surface area contributed by atoms with Gasteiger partial charge >= 0.3 is 0 Å². The molecule has 0 amide bonds. The Hall–Kier alpha value is -2.33. The molecule has 0 spiro atoms. The third-order valence-corrected chi connectivity index (χ3v) is 5.32. The molecule has 2 aromatic carbocycles. The molecule has 0 fully saturated rings. The zero-order chi connectivity index (χ0) is 18.5. The molecule has 3 nitrogen and oxygen atoms in total. The second kappa shape index (κ2) is 6.13. The van der Waals surface area contributed by atoms with Crippen LogP contribution >= 0.6 is 0 Å². The molecule has 136 valence electrons. The van der Waals surface area contributed by atoms with Crippen molar-refractivity contribution in [3.8, 4) is 5.75 Å². The summed E-state index contributed by atoms with van der Waals surface area (Å²) in [5.41, 5.74) is 5.74. The van der Waals surface area contributed by atoms with E-state index in [1.54, 1.807) is 13.2 Å². The molecular weight excluding hydrogens is 327 g/mol. The average Bonchev–Trinajstić information content (AvgIpc) is 2.98. The van der Waals surface area contributed by atoms with Crippen LogP contribution in [0.5, 0.6) is 5.75 Å².